The van der Waals surface area contributed by atoms with Gasteiger partial charge in [0.05, 0.1) is 4.88 Å². The molecule has 3 rings (SSSR count). The molecular formula is C17H12OS. The van der Waals surface area contributed by atoms with Crippen LogP contribution in [-0.4, -0.2) is 5.78 Å². The second kappa shape index (κ2) is 5.21. The lowest BCUT2D eigenvalue weighted by Gasteiger charge is -2.07. The quantitative estimate of drug-likeness (QED) is 0.629. The van der Waals surface area contributed by atoms with Crippen molar-refractivity contribution in [3.8, 4) is 11.1 Å². The zero-order valence-corrected chi connectivity index (χ0v) is 11.1. The Bertz CT molecular complexity index is 684. The van der Waals surface area contributed by atoms with Crippen molar-refractivity contribution in [2.75, 3.05) is 0 Å². The van der Waals surface area contributed by atoms with Gasteiger partial charge < -0.3 is 0 Å². The van der Waals surface area contributed by atoms with E-state index in [1.807, 2.05) is 72.1 Å². The van der Waals surface area contributed by atoms with Crippen molar-refractivity contribution >= 4 is 17.1 Å². The van der Waals surface area contributed by atoms with E-state index in [9.17, 15) is 4.79 Å². The Morgan fingerprint density at radius 2 is 1.53 bits per heavy atom. The first-order chi connectivity index (χ1) is 9.36. The van der Waals surface area contributed by atoms with Crippen molar-refractivity contribution in [1.82, 2.24) is 0 Å². The van der Waals surface area contributed by atoms with E-state index in [1.54, 1.807) is 0 Å². The number of benzene rings is 2. The zero-order valence-electron chi connectivity index (χ0n) is 10.2. The summed E-state index contributed by atoms with van der Waals surface area (Å²) in [6, 6.07) is 21.6. The van der Waals surface area contributed by atoms with Gasteiger partial charge in [-0.2, -0.15) is 0 Å². The Morgan fingerprint density at radius 3 is 2.26 bits per heavy atom. The van der Waals surface area contributed by atoms with Gasteiger partial charge in [0.15, 0.2) is 0 Å². The fraction of sp³-hybridized carbons (Fsp3) is 0. The van der Waals surface area contributed by atoms with Crippen LogP contribution in [0.3, 0.4) is 0 Å². The molecule has 0 radical (unpaired) electrons. The summed E-state index contributed by atoms with van der Waals surface area (Å²) in [7, 11) is 0. The van der Waals surface area contributed by atoms with Gasteiger partial charge in [-0.05, 0) is 22.6 Å². The summed E-state index contributed by atoms with van der Waals surface area (Å²) in [5.74, 6) is 0.0921. The van der Waals surface area contributed by atoms with Gasteiger partial charge in [-0.25, -0.2) is 0 Å². The zero-order chi connectivity index (χ0) is 13.1. The number of ketones is 1. The van der Waals surface area contributed by atoms with Crippen LogP contribution in [0, 0.1) is 0 Å². The molecule has 0 bridgehead atoms. The summed E-state index contributed by atoms with van der Waals surface area (Å²) in [6.07, 6.45) is 0. The number of thiophene rings is 1. The van der Waals surface area contributed by atoms with E-state index in [-0.39, 0.29) is 5.78 Å². The second-order valence-corrected chi connectivity index (χ2v) is 5.17. The molecule has 0 atom stereocenters. The van der Waals surface area contributed by atoms with E-state index in [1.165, 1.54) is 11.3 Å². The van der Waals surface area contributed by atoms with Gasteiger partial charge in [-0.3, -0.25) is 4.79 Å². The Hall–Kier alpha value is -2.19. The molecule has 0 saturated carbocycles. The maximum absolute atomic E-state index is 12.5. The lowest BCUT2D eigenvalue weighted by atomic mass is 9.96. The number of carbonyl (C=O) groups excluding carboxylic acids is 1. The average Bonchev–Trinajstić information content (AvgIpc) is 3.02. The number of hydrogen-bond acceptors (Lipinski definition) is 2. The van der Waals surface area contributed by atoms with Gasteiger partial charge in [0.1, 0.15) is 0 Å². The van der Waals surface area contributed by atoms with Crippen LogP contribution in [0.2, 0.25) is 0 Å². The monoisotopic (exact) mass is 264 g/mol. The summed E-state index contributed by atoms with van der Waals surface area (Å²) >= 11 is 1.48. The predicted octanol–water partition coefficient (Wildman–Crippen LogP) is 4.65. The minimum atomic E-state index is 0.0921. The van der Waals surface area contributed by atoms with Gasteiger partial charge in [-0.1, -0.05) is 60.7 Å². The second-order valence-electron chi connectivity index (χ2n) is 4.22. The third-order valence-electron chi connectivity index (χ3n) is 3.00. The third kappa shape index (κ3) is 2.35. The molecule has 0 unspecified atom stereocenters. The average molecular weight is 264 g/mol. The number of rotatable bonds is 3. The van der Waals surface area contributed by atoms with E-state index in [0.29, 0.717) is 0 Å². The van der Waals surface area contributed by atoms with Crippen LogP contribution in [0.25, 0.3) is 11.1 Å². The normalized spacial score (nSPS) is 10.3. The predicted molar refractivity (Wildman–Crippen MR) is 79.6 cm³/mol. The van der Waals surface area contributed by atoms with Crippen LogP contribution < -0.4 is 0 Å². The Morgan fingerprint density at radius 1 is 0.789 bits per heavy atom. The van der Waals surface area contributed by atoms with Crippen molar-refractivity contribution in [1.29, 1.82) is 0 Å². The van der Waals surface area contributed by atoms with Crippen molar-refractivity contribution in [2.24, 2.45) is 0 Å². The summed E-state index contributed by atoms with van der Waals surface area (Å²) in [5.41, 5.74) is 2.82. The maximum atomic E-state index is 12.5. The van der Waals surface area contributed by atoms with Crippen molar-refractivity contribution in [3.05, 3.63) is 82.6 Å². The van der Waals surface area contributed by atoms with Gasteiger partial charge in [0.2, 0.25) is 5.78 Å². The van der Waals surface area contributed by atoms with E-state index < -0.39 is 0 Å². The van der Waals surface area contributed by atoms with Crippen molar-refractivity contribution < 1.29 is 4.79 Å². The SMILES string of the molecule is O=C(c1cccs1)c1ccccc1-c1ccccc1. The highest BCUT2D eigenvalue weighted by Crippen LogP contribution is 2.26. The van der Waals surface area contributed by atoms with Gasteiger partial charge >= 0.3 is 0 Å². The van der Waals surface area contributed by atoms with Crippen LogP contribution in [0.4, 0.5) is 0 Å². The first-order valence-corrected chi connectivity index (χ1v) is 6.97. The van der Waals surface area contributed by atoms with Gasteiger partial charge in [-0.15, -0.1) is 11.3 Å². The highest BCUT2D eigenvalue weighted by molar-refractivity contribution is 7.12. The third-order valence-corrected chi connectivity index (χ3v) is 3.87. The molecule has 0 amide bonds. The lowest BCUT2D eigenvalue weighted by molar-refractivity contribution is 0.104. The first-order valence-electron chi connectivity index (χ1n) is 6.09. The fourth-order valence-corrected chi connectivity index (χ4v) is 2.77. The number of carbonyl (C=O) groups is 1. The van der Waals surface area contributed by atoms with Crippen LogP contribution >= 0.6 is 11.3 Å². The molecule has 1 heterocycles. The highest BCUT2D eigenvalue weighted by atomic mass is 32.1. The van der Waals surface area contributed by atoms with Gasteiger partial charge in [0, 0.05) is 5.56 Å². The minimum absolute atomic E-state index is 0.0921. The molecule has 0 aliphatic rings. The van der Waals surface area contributed by atoms with E-state index in [0.717, 1.165) is 21.6 Å². The Balaban J connectivity index is 2.11. The molecule has 1 nitrogen and oxygen atoms in total. The van der Waals surface area contributed by atoms with Crippen LogP contribution in [0.5, 0.6) is 0 Å². The molecule has 0 aliphatic heterocycles. The Labute approximate surface area is 116 Å². The lowest BCUT2D eigenvalue weighted by Crippen LogP contribution is -2.01. The molecule has 0 saturated heterocycles. The molecule has 2 aromatic carbocycles. The highest BCUT2D eigenvalue weighted by Gasteiger charge is 2.14. The maximum Gasteiger partial charge on any atom is 0.203 e. The molecular weight excluding hydrogens is 252 g/mol. The van der Waals surface area contributed by atoms with Crippen molar-refractivity contribution in [3.63, 3.8) is 0 Å². The summed E-state index contributed by atoms with van der Waals surface area (Å²) < 4.78 is 0. The summed E-state index contributed by atoms with van der Waals surface area (Å²) in [5, 5.41) is 1.93. The molecule has 0 aliphatic carbocycles. The van der Waals surface area contributed by atoms with E-state index in [4.69, 9.17) is 0 Å². The standard InChI is InChI=1S/C17H12OS/c18-17(16-11-6-12-19-16)15-10-5-4-9-14(15)13-7-2-1-3-8-13/h1-12H. The molecule has 92 valence electrons. The molecule has 0 spiro atoms. The molecule has 2 heteroatoms. The van der Waals surface area contributed by atoms with Crippen LogP contribution in [0.15, 0.2) is 72.1 Å². The topological polar surface area (TPSA) is 17.1 Å². The van der Waals surface area contributed by atoms with Gasteiger partial charge in [0.25, 0.3) is 0 Å². The van der Waals surface area contributed by atoms with Crippen molar-refractivity contribution in [2.45, 2.75) is 0 Å². The Kier molecular flexibility index (Phi) is 3.25. The summed E-state index contributed by atoms with van der Waals surface area (Å²) in [4.78, 5) is 13.3. The molecule has 1 aromatic heterocycles. The smallest absolute Gasteiger partial charge is 0.203 e. The number of hydrogen-bond donors (Lipinski definition) is 0. The van der Waals surface area contributed by atoms with E-state index in [2.05, 4.69) is 0 Å². The molecule has 0 N–H and O–H groups in total. The largest absolute Gasteiger partial charge is 0.288 e. The molecule has 3 aromatic rings. The molecule has 19 heavy (non-hydrogen) atoms. The summed E-state index contributed by atoms with van der Waals surface area (Å²) in [6.45, 7) is 0. The first kappa shape index (κ1) is 11.9. The van der Waals surface area contributed by atoms with E-state index >= 15 is 0 Å². The molecule has 0 fully saturated rings. The van der Waals surface area contributed by atoms with Crippen LogP contribution in [-0.2, 0) is 0 Å². The minimum Gasteiger partial charge on any atom is -0.288 e. The van der Waals surface area contributed by atoms with Crippen LogP contribution in [0.1, 0.15) is 15.2 Å². The fourth-order valence-electron chi connectivity index (χ4n) is 2.09.